The lowest BCUT2D eigenvalue weighted by Gasteiger charge is -2.12. The van der Waals surface area contributed by atoms with Crippen molar-refractivity contribution in [2.24, 2.45) is 0 Å². The third kappa shape index (κ3) is 3.47. The van der Waals surface area contributed by atoms with Crippen molar-refractivity contribution in [3.8, 4) is 17.0 Å². The first kappa shape index (κ1) is 18.4. The second-order valence-electron chi connectivity index (χ2n) is 6.47. The van der Waals surface area contributed by atoms with Gasteiger partial charge in [-0.2, -0.15) is 5.10 Å². The summed E-state index contributed by atoms with van der Waals surface area (Å²) in [6, 6.07) is 15.8. The lowest BCUT2D eigenvalue weighted by Crippen LogP contribution is -2.32. The van der Waals surface area contributed by atoms with Crippen LogP contribution in [0.25, 0.3) is 11.3 Å². The molecule has 2 N–H and O–H groups in total. The molecule has 1 aromatic heterocycles. The normalized spacial score (nSPS) is 12.8. The van der Waals surface area contributed by atoms with Gasteiger partial charge in [0.25, 0.3) is 11.8 Å². The molecule has 0 saturated heterocycles. The van der Waals surface area contributed by atoms with E-state index < -0.39 is 0 Å². The quantitative estimate of drug-likeness (QED) is 0.630. The second kappa shape index (κ2) is 7.59. The molecule has 0 atom stereocenters. The van der Waals surface area contributed by atoms with Gasteiger partial charge in [0.05, 0.1) is 23.9 Å². The molecule has 0 saturated carbocycles. The molecular weight excluding hydrogens is 372 g/mol. The van der Waals surface area contributed by atoms with Crippen molar-refractivity contribution < 1.29 is 19.1 Å². The third-order valence-corrected chi connectivity index (χ3v) is 4.68. The van der Waals surface area contributed by atoms with Gasteiger partial charge in [0.2, 0.25) is 5.91 Å². The van der Waals surface area contributed by atoms with Crippen molar-refractivity contribution in [3.05, 3.63) is 65.7 Å². The predicted molar refractivity (Wildman–Crippen MR) is 106 cm³/mol. The molecule has 8 heteroatoms. The number of carbonyl (C=O) groups excluding carboxylic acids is 3. The maximum atomic E-state index is 12.3. The maximum absolute atomic E-state index is 12.3. The molecule has 2 heterocycles. The highest BCUT2D eigenvalue weighted by atomic mass is 16.5. The van der Waals surface area contributed by atoms with Crippen LogP contribution in [0.3, 0.4) is 0 Å². The molecule has 0 bridgehead atoms. The monoisotopic (exact) mass is 390 g/mol. The lowest BCUT2D eigenvalue weighted by atomic mass is 10.1. The zero-order valence-corrected chi connectivity index (χ0v) is 15.6. The van der Waals surface area contributed by atoms with Gasteiger partial charge >= 0.3 is 0 Å². The Kier molecular flexibility index (Phi) is 4.82. The van der Waals surface area contributed by atoms with Crippen LogP contribution in [0.15, 0.2) is 54.6 Å². The highest BCUT2D eigenvalue weighted by Gasteiger charge is 2.34. The SMILES string of the molecule is COc1ccccc1-c1cc(NC(=O)CCN2C(=O)c3ccccc3C2=O)n[nH]1. The molecule has 0 aliphatic carbocycles. The van der Waals surface area contributed by atoms with Crippen molar-refractivity contribution in [1.82, 2.24) is 15.1 Å². The van der Waals surface area contributed by atoms with Crippen LogP contribution in [0, 0.1) is 0 Å². The molecule has 29 heavy (non-hydrogen) atoms. The summed E-state index contributed by atoms with van der Waals surface area (Å²) in [5.41, 5.74) is 2.24. The van der Waals surface area contributed by atoms with Gasteiger partial charge in [0.1, 0.15) is 5.75 Å². The minimum Gasteiger partial charge on any atom is -0.496 e. The smallest absolute Gasteiger partial charge is 0.261 e. The standard InChI is InChI=1S/C21H18N4O4/c1-29-17-9-5-4-8-15(17)16-12-18(24-23-16)22-19(26)10-11-25-20(27)13-6-2-3-7-14(13)21(25)28/h2-9,12H,10-11H2,1H3,(H2,22,23,24,26). The molecule has 146 valence electrons. The summed E-state index contributed by atoms with van der Waals surface area (Å²) >= 11 is 0. The molecule has 1 aliphatic rings. The van der Waals surface area contributed by atoms with Crippen LogP contribution in [-0.2, 0) is 4.79 Å². The largest absolute Gasteiger partial charge is 0.496 e. The molecule has 0 unspecified atom stereocenters. The van der Waals surface area contributed by atoms with E-state index in [0.29, 0.717) is 28.4 Å². The van der Waals surface area contributed by atoms with E-state index in [1.165, 1.54) is 0 Å². The summed E-state index contributed by atoms with van der Waals surface area (Å²) in [6.07, 6.45) is -0.0255. The number of para-hydroxylation sites is 1. The Labute approximate surface area is 166 Å². The number of benzene rings is 2. The first-order valence-electron chi connectivity index (χ1n) is 9.02. The van der Waals surface area contributed by atoms with Crippen LogP contribution in [-0.4, -0.2) is 46.5 Å². The van der Waals surface area contributed by atoms with Crippen LogP contribution in [0.1, 0.15) is 27.1 Å². The summed E-state index contributed by atoms with van der Waals surface area (Å²) in [4.78, 5) is 38.1. The van der Waals surface area contributed by atoms with Gasteiger partial charge in [-0.25, -0.2) is 0 Å². The van der Waals surface area contributed by atoms with Crippen LogP contribution < -0.4 is 10.1 Å². The van der Waals surface area contributed by atoms with Crippen molar-refractivity contribution in [2.45, 2.75) is 6.42 Å². The van der Waals surface area contributed by atoms with E-state index in [1.54, 1.807) is 37.4 Å². The van der Waals surface area contributed by atoms with Crippen LogP contribution in [0.4, 0.5) is 5.82 Å². The molecule has 3 aromatic rings. The van der Waals surface area contributed by atoms with E-state index >= 15 is 0 Å². The van der Waals surface area contributed by atoms with Crippen LogP contribution >= 0.6 is 0 Å². The number of imide groups is 1. The number of fused-ring (bicyclic) bond motifs is 1. The fraction of sp³-hybridized carbons (Fsp3) is 0.143. The number of H-pyrrole nitrogens is 1. The Hall–Kier alpha value is -3.94. The van der Waals surface area contributed by atoms with Gasteiger partial charge in [-0.15, -0.1) is 0 Å². The van der Waals surface area contributed by atoms with Crippen molar-refractivity contribution >= 4 is 23.5 Å². The summed E-state index contributed by atoms with van der Waals surface area (Å²) in [5, 5.41) is 9.62. The van der Waals surface area contributed by atoms with Crippen LogP contribution in [0.5, 0.6) is 5.75 Å². The Morgan fingerprint density at radius 3 is 2.31 bits per heavy atom. The predicted octanol–water partition coefficient (Wildman–Crippen LogP) is 2.71. The number of nitrogens with zero attached hydrogens (tertiary/aromatic N) is 2. The number of aromatic amines is 1. The zero-order chi connectivity index (χ0) is 20.4. The number of rotatable bonds is 6. The molecule has 0 fully saturated rings. The molecule has 0 radical (unpaired) electrons. The Morgan fingerprint density at radius 2 is 1.66 bits per heavy atom. The summed E-state index contributed by atoms with van der Waals surface area (Å²) in [5.74, 6) is -0.0780. The Morgan fingerprint density at radius 1 is 1.03 bits per heavy atom. The maximum Gasteiger partial charge on any atom is 0.261 e. The van der Waals surface area contributed by atoms with Gasteiger partial charge in [0, 0.05) is 24.6 Å². The molecular formula is C21H18N4O4. The first-order valence-corrected chi connectivity index (χ1v) is 9.02. The number of hydrogen-bond acceptors (Lipinski definition) is 5. The van der Waals surface area contributed by atoms with Crippen molar-refractivity contribution in [2.75, 3.05) is 19.0 Å². The summed E-state index contributed by atoms with van der Waals surface area (Å²) < 4.78 is 5.33. The van der Waals surface area contributed by atoms with E-state index in [-0.39, 0.29) is 30.7 Å². The minimum absolute atomic E-state index is 0.00195. The van der Waals surface area contributed by atoms with Gasteiger partial charge in [0.15, 0.2) is 5.82 Å². The van der Waals surface area contributed by atoms with Gasteiger partial charge in [-0.1, -0.05) is 24.3 Å². The molecule has 8 nitrogen and oxygen atoms in total. The molecule has 0 spiro atoms. The van der Waals surface area contributed by atoms with Crippen molar-refractivity contribution in [3.63, 3.8) is 0 Å². The van der Waals surface area contributed by atoms with E-state index in [0.717, 1.165) is 10.5 Å². The van der Waals surface area contributed by atoms with Gasteiger partial charge in [-0.05, 0) is 24.3 Å². The topological polar surface area (TPSA) is 104 Å². The number of methoxy groups -OCH3 is 1. The number of aromatic nitrogens is 2. The molecule has 2 aromatic carbocycles. The molecule has 3 amide bonds. The average molecular weight is 390 g/mol. The van der Waals surface area contributed by atoms with Crippen molar-refractivity contribution in [1.29, 1.82) is 0 Å². The van der Waals surface area contributed by atoms with E-state index in [1.807, 2.05) is 24.3 Å². The van der Waals surface area contributed by atoms with E-state index in [9.17, 15) is 14.4 Å². The third-order valence-electron chi connectivity index (χ3n) is 4.68. The number of nitrogens with one attached hydrogen (secondary N) is 2. The van der Waals surface area contributed by atoms with Gasteiger partial charge in [-0.3, -0.25) is 24.4 Å². The van der Waals surface area contributed by atoms with E-state index in [2.05, 4.69) is 15.5 Å². The minimum atomic E-state index is -0.378. The number of ether oxygens (including phenoxy) is 1. The van der Waals surface area contributed by atoms with E-state index in [4.69, 9.17) is 4.74 Å². The summed E-state index contributed by atoms with van der Waals surface area (Å²) in [7, 11) is 1.58. The van der Waals surface area contributed by atoms with Gasteiger partial charge < -0.3 is 10.1 Å². The second-order valence-corrected chi connectivity index (χ2v) is 6.47. The molecule has 1 aliphatic heterocycles. The zero-order valence-electron chi connectivity index (χ0n) is 15.6. The Bertz CT molecular complexity index is 1070. The molecule has 4 rings (SSSR count). The number of hydrogen-bond donors (Lipinski definition) is 2. The Balaban J connectivity index is 1.38. The fourth-order valence-corrected chi connectivity index (χ4v) is 3.25. The average Bonchev–Trinajstić information content (AvgIpc) is 3.30. The number of amides is 3. The highest BCUT2D eigenvalue weighted by Crippen LogP contribution is 2.29. The highest BCUT2D eigenvalue weighted by molar-refractivity contribution is 6.21. The first-order chi connectivity index (χ1) is 14.1. The number of carbonyl (C=O) groups is 3. The number of anilines is 1. The fourth-order valence-electron chi connectivity index (χ4n) is 3.25. The summed E-state index contributed by atoms with van der Waals surface area (Å²) in [6.45, 7) is 0.00195. The lowest BCUT2D eigenvalue weighted by molar-refractivity contribution is -0.116. The van der Waals surface area contributed by atoms with Crippen LogP contribution in [0.2, 0.25) is 0 Å².